The maximum absolute atomic E-state index is 6.16. The molecule has 3 atom stereocenters. The molecule has 0 aliphatic heterocycles. The monoisotopic (exact) mass is 255 g/mol. The molecule has 0 amide bonds. The standard InChI is InChI=1S/C16H33NO/c1-5-13(4)15(17-6-2)16(18-7-3)14-11-9-8-10-12-14/h13-17H,5-12H2,1-4H3. The lowest BCUT2D eigenvalue weighted by molar-refractivity contribution is -0.0295. The molecule has 1 N–H and O–H groups in total. The quantitative estimate of drug-likeness (QED) is 0.708. The summed E-state index contributed by atoms with van der Waals surface area (Å²) in [7, 11) is 0. The van der Waals surface area contributed by atoms with Crippen LogP contribution in [0.1, 0.15) is 66.2 Å². The average molecular weight is 255 g/mol. The van der Waals surface area contributed by atoms with E-state index in [4.69, 9.17) is 4.74 Å². The van der Waals surface area contributed by atoms with Crippen LogP contribution in [-0.4, -0.2) is 25.3 Å². The molecule has 0 aromatic carbocycles. The highest BCUT2D eigenvalue weighted by molar-refractivity contribution is 4.87. The third-order valence-corrected chi connectivity index (χ3v) is 4.52. The van der Waals surface area contributed by atoms with Crippen LogP contribution in [-0.2, 0) is 4.74 Å². The first kappa shape index (κ1) is 16.0. The Morgan fingerprint density at radius 2 is 1.78 bits per heavy atom. The summed E-state index contributed by atoms with van der Waals surface area (Å²) in [6.07, 6.45) is 8.59. The lowest BCUT2D eigenvalue weighted by atomic mass is 9.79. The van der Waals surface area contributed by atoms with Crippen molar-refractivity contribution >= 4 is 0 Å². The van der Waals surface area contributed by atoms with Gasteiger partial charge in [-0.3, -0.25) is 0 Å². The van der Waals surface area contributed by atoms with Gasteiger partial charge in [-0.1, -0.05) is 46.5 Å². The number of nitrogens with one attached hydrogen (secondary N) is 1. The molecule has 1 saturated carbocycles. The van der Waals surface area contributed by atoms with Crippen molar-refractivity contribution in [1.29, 1.82) is 0 Å². The van der Waals surface area contributed by atoms with Gasteiger partial charge in [0.1, 0.15) is 0 Å². The summed E-state index contributed by atoms with van der Waals surface area (Å²) in [6, 6.07) is 0.531. The van der Waals surface area contributed by atoms with Gasteiger partial charge < -0.3 is 10.1 Å². The van der Waals surface area contributed by atoms with Crippen LogP contribution in [0.4, 0.5) is 0 Å². The zero-order valence-corrected chi connectivity index (χ0v) is 12.9. The molecule has 0 radical (unpaired) electrons. The second kappa shape index (κ2) is 8.92. The van der Waals surface area contributed by atoms with Crippen molar-refractivity contribution in [2.75, 3.05) is 13.2 Å². The number of likely N-dealkylation sites (N-methyl/N-ethyl adjacent to an activating group) is 1. The van der Waals surface area contributed by atoms with Gasteiger partial charge in [-0.05, 0) is 38.1 Å². The molecular formula is C16H33NO. The third kappa shape index (κ3) is 4.55. The van der Waals surface area contributed by atoms with Gasteiger partial charge in [-0.2, -0.15) is 0 Å². The smallest absolute Gasteiger partial charge is 0.0758 e. The van der Waals surface area contributed by atoms with Gasteiger partial charge in [0.05, 0.1) is 6.10 Å². The summed E-state index contributed by atoms with van der Waals surface area (Å²) >= 11 is 0. The largest absolute Gasteiger partial charge is 0.377 e. The van der Waals surface area contributed by atoms with Crippen molar-refractivity contribution in [3.05, 3.63) is 0 Å². The van der Waals surface area contributed by atoms with E-state index in [1.807, 2.05) is 0 Å². The highest BCUT2D eigenvalue weighted by Gasteiger charge is 2.33. The van der Waals surface area contributed by atoms with Crippen molar-refractivity contribution in [3.63, 3.8) is 0 Å². The minimum Gasteiger partial charge on any atom is -0.377 e. The molecule has 0 aromatic heterocycles. The molecule has 1 rings (SSSR count). The lowest BCUT2D eigenvalue weighted by Gasteiger charge is -2.38. The average Bonchev–Trinajstić information content (AvgIpc) is 2.43. The van der Waals surface area contributed by atoms with Gasteiger partial charge in [0, 0.05) is 12.6 Å². The lowest BCUT2D eigenvalue weighted by Crippen LogP contribution is -2.49. The third-order valence-electron chi connectivity index (χ3n) is 4.52. The fourth-order valence-corrected chi connectivity index (χ4v) is 3.32. The molecule has 0 spiro atoms. The molecule has 18 heavy (non-hydrogen) atoms. The SMILES string of the molecule is CCNC(C(C)CC)C(OCC)C1CCCCC1. The first-order valence-electron chi connectivity index (χ1n) is 8.09. The molecule has 1 aliphatic carbocycles. The summed E-state index contributed by atoms with van der Waals surface area (Å²) in [5.74, 6) is 1.47. The predicted molar refractivity (Wildman–Crippen MR) is 78.9 cm³/mol. The minimum absolute atomic E-state index is 0.421. The molecule has 0 bridgehead atoms. The van der Waals surface area contributed by atoms with E-state index < -0.39 is 0 Å². The van der Waals surface area contributed by atoms with Crippen LogP contribution in [0.2, 0.25) is 0 Å². The maximum Gasteiger partial charge on any atom is 0.0758 e. The fourth-order valence-electron chi connectivity index (χ4n) is 3.32. The first-order valence-corrected chi connectivity index (χ1v) is 8.09. The first-order chi connectivity index (χ1) is 8.74. The molecule has 3 unspecified atom stereocenters. The van der Waals surface area contributed by atoms with E-state index in [0.29, 0.717) is 18.1 Å². The van der Waals surface area contributed by atoms with Crippen molar-refractivity contribution in [2.24, 2.45) is 11.8 Å². The number of hydrogen-bond acceptors (Lipinski definition) is 2. The van der Waals surface area contributed by atoms with E-state index >= 15 is 0 Å². The van der Waals surface area contributed by atoms with Gasteiger partial charge in [0.15, 0.2) is 0 Å². The summed E-state index contributed by atoms with van der Waals surface area (Å²) in [5, 5.41) is 3.69. The van der Waals surface area contributed by atoms with Crippen molar-refractivity contribution < 1.29 is 4.74 Å². The van der Waals surface area contributed by atoms with Crippen LogP contribution < -0.4 is 5.32 Å². The number of ether oxygens (including phenoxy) is 1. The van der Waals surface area contributed by atoms with Crippen molar-refractivity contribution in [2.45, 2.75) is 78.4 Å². The summed E-state index contributed by atoms with van der Waals surface area (Å²) in [4.78, 5) is 0. The summed E-state index contributed by atoms with van der Waals surface area (Å²) < 4.78 is 6.16. The predicted octanol–water partition coefficient (Wildman–Crippen LogP) is 4.00. The molecule has 1 aliphatic rings. The Morgan fingerprint density at radius 3 is 2.28 bits per heavy atom. The highest BCUT2D eigenvalue weighted by Crippen LogP contribution is 2.31. The van der Waals surface area contributed by atoms with Gasteiger partial charge in [-0.15, -0.1) is 0 Å². The molecule has 1 fully saturated rings. The molecule has 0 saturated heterocycles. The fraction of sp³-hybridized carbons (Fsp3) is 1.00. The van der Waals surface area contributed by atoms with Crippen LogP contribution in [0.15, 0.2) is 0 Å². The topological polar surface area (TPSA) is 21.3 Å². The van der Waals surface area contributed by atoms with Crippen molar-refractivity contribution in [3.8, 4) is 0 Å². The van der Waals surface area contributed by atoms with Gasteiger partial charge >= 0.3 is 0 Å². The van der Waals surface area contributed by atoms with Crippen LogP contribution >= 0.6 is 0 Å². The second-order valence-corrected chi connectivity index (χ2v) is 5.79. The Kier molecular flexibility index (Phi) is 7.92. The van der Waals surface area contributed by atoms with Crippen molar-refractivity contribution in [1.82, 2.24) is 5.32 Å². The normalized spacial score (nSPS) is 22.7. The zero-order valence-electron chi connectivity index (χ0n) is 12.9. The van der Waals surface area contributed by atoms with Crippen LogP contribution in [0, 0.1) is 11.8 Å². The summed E-state index contributed by atoms with van der Waals surface area (Å²) in [5.41, 5.74) is 0. The highest BCUT2D eigenvalue weighted by atomic mass is 16.5. The zero-order chi connectivity index (χ0) is 13.4. The Bertz CT molecular complexity index is 201. The number of hydrogen-bond donors (Lipinski definition) is 1. The Balaban J connectivity index is 2.70. The van der Waals surface area contributed by atoms with E-state index in [0.717, 1.165) is 19.1 Å². The summed E-state index contributed by atoms with van der Waals surface area (Å²) in [6.45, 7) is 10.9. The Morgan fingerprint density at radius 1 is 1.11 bits per heavy atom. The van der Waals surface area contributed by atoms with E-state index in [1.54, 1.807) is 0 Å². The van der Waals surface area contributed by atoms with E-state index in [1.165, 1.54) is 38.5 Å². The molecule has 108 valence electrons. The molecule has 0 aromatic rings. The minimum atomic E-state index is 0.421. The van der Waals surface area contributed by atoms with E-state index in [9.17, 15) is 0 Å². The van der Waals surface area contributed by atoms with Crippen LogP contribution in [0.5, 0.6) is 0 Å². The molecule has 2 nitrogen and oxygen atoms in total. The Labute approximate surface area is 114 Å². The van der Waals surface area contributed by atoms with Gasteiger partial charge in [-0.25, -0.2) is 0 Å². The maximum atomic E-state index is 6.16. The van der Waals surface area contributed by atoms with Crippen LogP contribution in [0.3, 0.4) is 0 Å². The van der Waals surface area contributed by atoms with E-state index in [2.05, 4.69) is 33.0 Å². The molecule has 0 heterocycles. The number of rotatable bonds is 8. The molecule has 2 heteroatoms. The molecular weight excluding hydrogens is 222 g/mol. The van der Waals surface area contributed by atoms with Gasteiger partial charge in [0.2, 0.25) is 0 Å². The Hall–Kier alpha value is -0.0800. The van der Waals surface area contributed by atoms with E-state index in [-0.39, 0.29) is 0 Å². The second-order valence-electron chi connectivity index (χ2n) is 5.79. The van der Waals surface area contributed by atoms with Crippen LogP contribution in [0.25, 0.3) is 0 Å². The van der Waals surface area contributed by atoms with Gasteiger partial charge in [0.25, 0.3) is 0 Å².